The highest BCUT2D eigenvalue weighted by Crippen LogP contribution is 2.22. The number of nitrogens with one attached hydrogen (secondary N) is 1. The number of benzene rings is 1. The van der Waals surface area contributed by atoms with Crippen LogP contribution in [-0.2, 0) is 23.1 Å². The van der Waals surface area contributed by atoms with Crippen LogP contribution in [0.2, 0.25) is 0 Å². The lowest BCUT2D eigenvalue weighted by atomic mass is 10.4. The second-order valence-electron chi connectivity index (χ2n) is 4.07. The maximum absolute atomic E-state index is 12.3. The zero-order chi connectivity index (χ0) is 13.7. The zero-order valence-corrected chi connectivity index (χ0v) is 13.1. The minimum absolute atomic E-state index is 0.398. The van der Waals surface area contributed by atoms with Gasteiger partial charge in [0.2, 0.25) is 0 Å². The quantitative estimate of drug-likeness (QED) is 0.874. The van der Waals surface area contributed by atoms with Gasteiger partial charge < -0.3 is 9.73 Å². The van der Waals surface area contributed by atoms with Gasteiger partial charge in [0.1, 0.15) is 11.5 Å². The maximum atomic E-state index is 12.3. The SMILES string of the molecule is CCNCc1ccc(CS(=O)c2ccccc2Br)o1. The standard InChI is InChI=1S/C14H16BrNO2S/c1-2-16-9-11-7-8-12(18-11)10-19(17)14-6-4-3-5-13(14)15/h3-8,16H,2,9-10H2,1H3. The summed E-state index contributed by atoms with van der Waals surface area (Å²) in [6.07, 6.45) is 0. The molecule has 1 N–H and O–H groups in total. The van der Waals surface area contributed by atoms with Gasteiger partial charge in [0.25, 0.3) is 0 Å². The van der Waals surface area contributed by atoms with Crippen LogP contribution in [0.15, 0.2) is 50.2 Å². The fourth-order valence-corrected chi connectivity index (χ4v) is 3.59. The van der Waals surface area contributed by atoms with Crippen molar-refractivity contribution < 1.29 is 8.63 Å². The Morgan fingerprint density at radius 2 is 1.95 bits per heavy atom. The Bertz CT molecular complexity index is 568. The molecule has 1 aromatic heterocycles. The van der Waals surface area contributed by atoms with Crippen LogP contribution in [0, 0.1) is 0 Å². The molecule has 1 atom stereocenters. The fourth-order valence-electron chi connectivity index (χ4n) is 1.68. The number of halogens is 1. The van der Waals surface area contributed by atoms with E-state index in [0.717, 1.165) is 27.4 Å². The van der Waals surface area contributed by atoms with Crippen molar-refractivity contribution in [2.75, 3.05) is 6.54 Å². The van der Waals surface area contributed by atoms with Crippen LogP contribution < -0.4 is 5.32 Å². The molecular formula is C14H16BrNO2S. The molecule has 0 spiro atoms. The van der Waals surface area contributed by atoms with Gasteiger partial charge in [0.15, 0.2) is 0 Å². The largest absolute Gasteiger partial charge is 0.464 e. The van der Waals surface area contributed by atoms with Crippen molar-refractivity contribution in [2.24, 2.45) is 0 Å². The lowest BCUT2D eigenvalue weighted by molar-refractivity contribution is 0.461. The van der Waals surface area contributed by atoms with Crippen LogP contribution >= 0.6 is 15.9 Å². The lowest BCUT2D eigenvalue weighted by Gasteiger charge is -2.03. The minimum atomic E-state index is -1.10. The number of hydrogen-bond donors (Lipinski definition) is 1. The van der Waals surface area contributed by atoms with E-state index in [9.17, 15) is 4.21 Å². The van der Waals surface area contributed by atoms with Crippen molar-refractivity contribution in [1.82, 2.24) is 5.32 Å². The Hall–Kier alpha value is -0.910. The average molecular weight is 342 g/mol. The molecule has 1 aromatic carbocycles. The summed E-state index contributed by atoms with van der Waals surface area (Å²) in [5.74, 6) is 2.03. The maximum Gasteiger partial charge on any atom is 0.118 e. The first-order valence-corrected chi connectivity index (χ1v) is 8.23. The summed E-state index contributed by atoms with van der Waals surface area (Å²) in [6.45, 7) is 3.66. The molecular weight excluding hydrogens is 326 g/mol. The van der Waals surface area contributed by atoms with E-state index in [1.54, 1.807) is 0 Å². The lowest BCUT2D eigenvalue weighted by Crippen LogP contribution is -2.10. The molecule has 0 saturated heterocycles. The van der Waals surface area contributed by atoms with Crippen molar-refractivity contribution in [3.05, 3.63) is 52.4 Å². The first-order valence-electron chi connectivity index (χ1n) is 6.12. The van der Waals surface area contributed by atoms with E-state index in [0.29, 0.717) is 12.3 Å². The van der Waals surface area contributed by atoms with Gasteiger partial charge in [0, 0.05) is 4.47 Å². The number of furan rings is 1. The summed E-state index contributed by atoms with van der Waals surface area (Å²) >= 11 is 3.42. The molecule has 0 bridgehead atoms. The molecule has 0 aliphatic carbocycles. The van der Waals surface area contributed by atoms with Crippen LogP contribution in [0.4, 0.5) is 0 Å². The molecule has 5 heteroatoms. The van der Waals surface area contributed by atoms with Gasteiger partial charge in [-0.05, 0) is 46.7 Å². The third-order valence-corrected chi connectivity index (χ3v) is 4.97. The van der Waals surface area contributed by atoms with Crippen molar-refractivity contribution in [3.8, 4) is 0 Å². The van der Waals surface area contributed by atoms with Crippen LogP contribution in [0.5, 0.6) is 0 Å². The first-order chi connectivity index (χ1) is 9.20. The van der Waals surface area contributed by atoms with Gasteiger partial charge in [-0.3, -0.25) is 4.21 Å². The predicted octanol–water partition coefficient (Wildman–Crippen LogP) is 3.46. The van der Waals surface area contributed by atoms with Crippen molar-refractivity contribution >= 4 is 26.7 Å². The Labute approximate surface area is 124 Å². The molecule has 102 valence electrons. The Balaban J connectivity index is 2.03. The molecule has 0 aliphatic heterocycles. The van der Waals surface area contributed by atoms with E-state index in [2.05, 4.69) is 21.2 Å². The summed E-state index contributed by atoms with van der Waals surface area (Å²) in [4.78, 5) is 0.798. The molecule has 0 radical (unpaired) electrons. The van der Waals surface area contributed by atoms with Gasteiger partial charge in [-0.25, -0.2) is 0 Å². The van der Waals surface area contributed by atoms with Crippen LogP contribution in [0.3, 0.4) is 0 Å². The fraction of sp³-hybridized carbons (Fsp3) is 0.286. The smallest absolute Gasteiger partial charge is 0.118 e. The summed E-state index contributed by atoms with van der Waals surface area (Å²) in [6, 6.07) is 11.4. The Morgan fingerprint density at radius 3 is 2.68 bits per heavy atom. The van der Waals surface area contributed by atoms with Gasteiger partial charge in [0.05, 0.1) is 28.0 Å². The van der Waals surface area contributed by atoms with Gasteiger partial charge in [-0.2, -0.15) is 0 Å². The molecule has 0 fully saturated rings. The Morgan fingerprint density at radius 1 is 1.21 bits per heavy atom. The number of rotatable bonds is 6. The van der Waals surface area contributed by atoms with Crippen LogP contribution in [-0.4, -0.2) is 10.8 Å². The molecule has 2 rings (SSSR count). The molecule has 3 nitrogen and oxygen atoms in total. The predicted molar refractivity (Wildman–Crippen MR) is 80.3 cm³/mol. The third kappa shape index (κ3) is 4.03. The van der Waals surface area contributed by atoms with Gasteiger partial charge in [-0.15, -0.1) is 0 Å². The molecule has 0 amide bonds. The molecule has 1 unspecified atom stereocenters. The van der Waals surface area contributed by atoms with Crippen molar-refractivity contribution in [2.45, 2.75) is 24.1 Å². The minimum Gasteiger partial charge on any atom is -0.464 e. The highest BCUT2D eigenvalue weighted by atomic mass is 79.9. The van der Waals surface area contributed by atoms with E-state index >= 15 is 0 Å². The monoisotopic (exact) mass is 341 g/mol. The van der Waals surface area contributed by atoms with Crippen molar-refractivity contribution in [1.29, 1.82) is 0 Å². The molecule has 2 aromatic rings. The van der Waals surface area contributed by atoms with Crippen LogP contribution in [0.25, 0.3) is 0 Å². The van der Waals surface area contributed by atoms with Gasteiger partial charge >= 0.3 is 0 Å². The summed E-state index contributed by atoms with van der Waals surface area (Å²) in [5, 5.41) is 3.19. The van der Waals surface area contributed by atoms with E-state index in [1.807, 2.05) is 43.3 Å². The van der Waals surface area contributed by atoms with Crippen molar-refractivity contribution in [3.63, 3.8) is 0 Å². The highest BCUT2D eigenvalue weighted by molar-refractivity contribution is 9.10. The van der Waals surface area contributed by atoms with E-state index in [-0.39, 0.29) is 0 Å². The van der Waals surface area contributed by atoms with E-state index in [1.165, 1.54) is 0 Å². The molecule has 19 heavy (non-hydrogen) atoms. The second kappa shape index (κ2) is 7.03. The highest BCUT2D eigenvalue weighted by Gasteiger charge is 2.11. The third-order valence-electron chi connectivity index (χ3n) is 2.62. The normalized spacial score (nSPS) is 12.5. The van der Waals surface area contributed by atoms with E-state index < -0.39 is 10.8 Å². The van der Waals surface area contributed by atoms with Crippen LogP contribution in [0.1, 0.15) is 18.4 Å². The average Bonchev–Trinajstić information content (AvgIpc) is 2.84. The molecule has 0 saturated carbocycles. The summed E-state index contributed by atoms with van der Waals surface area (Å²) < 4.78 is 18.8. The van der Waals surface area contributed by atoms with E-state index in [4.69, 9.17) is 4.42 Å². The first kappa shape index (κ1) is 14.5. The van der Waals surface area contributed by atoms with Gasteiger partial charge in [-0.1, -0.05) is 19.1 Å². The second-order valence-corrected chi connectivity index (χ2v) is 6.34. The molecule has 1 heterocycles. The topological polar surface area (TPSA) is 42.2 Å². The molecule has 0 aliphatic rings. The summed E-state index contributed by atoms with van der Waals surface area (Å²) in [5.41, 5.74) is 0. The summed E-state index contributed by atoms with van der Waals surface area (Å²) in [7, 11) is -1.10. The zero-order valence-electron chi connectivity index (χ0n) is 10.7. The Kier molecular flexibility index (Phi) is 5.36. The number of hydrogen-bond acceptors (Lipinski definition) is 3.